The summed E-state index contributed by atoms with van der Waals surface area (Å²) in [6.45, 7) is 13.0. The first-order chi connectivity index (χ1) is 9.91. The van der Waals surface area contributed by atoms with Crippen LogP contribution in [0.1, 0.15) is 41.5 Å². The van der Waals surface area contributed by atoms with E-state index in [0.29, 0.717) is 24.4 Å². The average molecular weight is 309 g/mol. The van der Waals surface area contributed by atoms with E-state index in [0.717, 1.165) is 0 Å². The Morgan fingerprint density at radius 3 is 2.36 bits per heavy atom. The summed E-state index contributed by atoms with van der Waals surface area (Å²) in [5.41, 5.74) is 0.804. The zero-order valence-corrected chi connectivity index (χ0v) is 14.9. The number of nitrogens with zero attached hydrogens (tertiary/aromatic N) is 1. The molecular weight excluding hydrogens is 278 g/mol. The van der Waals surface area contributed by atoms with E-state index in [1.807, 2.05) is 65.6 Å². The third-order valence-electron chi connectivity index (χ3n) is 3.22. The summed E-state index contributed by atoms with van der Waals surface area (Å²) in [6.07, 6.45) is 3.09. The van der Waals surface area contributed by atoms with Crippen molar-refractivity contribution in [1.29, 1.82) is 0 Å². The highest BCUT2D eigenvalue weighted by Crippen LogP contribution is 2.20. The third-order valence-corrected chi connectivity index (χ3v) is 3.22. The number of β-amino-alcohol motifs (C(OH)–C–C–N with tert-alkyl or cyclic N) is 1. The first-order valence-electron chi connectivity index (χ1n) is 7.78. The molecule has 0 bridgehead atoms. The Kier molecular flexibility index (Phi) is 5.82. The molecule has 1 aliphatic heterocycles. The number of aliphatic hydroxyl groups excluding tert-OH is 1. The Morgan fingerprint density at radius 2 is 1.86 bits per heavy atom. The fourth-order valence-corrected chi connectivity index (χ4v) is 2.21. The fourth-order valence-electron chi connectivity index (χ4n) is 2.21. The predicted octanol–water partition coefficient (Wildman–Crippen LogP) is 1.41. The summed E-state index contributed by atoms with van der Waals surface area (Å²) in [6, 6.07) is 0. The zero-order valence-electron chi connectivity index (χ0n) is 14.9. The lowest BCUT2D eigenvalue weighted by molar-refractivity contribution is -0.120. The zero-order chi connectivity index (χ0) is 17.1. The van der Waals surface area contributed by atoms with Crippen LogP contribution in [0.4, 0.5) is 0 Å². The van der Waals surface area contributed by atoms with E-state index in [4.69, 9.17) is 0 Å². The SMILES string of the molecule is CN1CC=CC(C(O)CNC(C)(C)C)=C1C(=O)NC(C)(C)C. The Bertz CT molecular complexity index is 467. The quantitative estimate of drug-likeness (QED) is 0.734. The third kappa shape index (κ3) is 5.81. The molecule has 5 nitrogen and oxygen atoms in total. The van der Waals surface area contributed by atoms with Crippen LogP contribution in [0.25, 0.3) is 0 Å². The smallest absolute Gasteiger partial charge is 0.268 e. The Labute approximate surface area is 134 Å². The molecule has 5 heteroatoms. The number of likely N-dealkylation sites (N-methyl/N-ethyl adjacent to an activating group) is 1. The van der Waals surface area contributed by atoms with Crippen molar-refractivity contribution < 1.29 is 9.90 Å². The molecule has 0 aliphatic carbocycles. The lowest BCUT2D eigenvalue weighted by atomic mass is 10.00. The number of amides is 1. The number of carbonyl (C=O) groups excluding carboxylic acids is 1. The second-order valence-electron chi connectivity index (χ2n) is 7.94. The molecule has 1 aliphatic rings. The van der Waals surface area contributed by atoms with E-state index in [1.165, 1.54) is 0 Å². The highest BCUT2D eigenvalue weighted by atomic mass is 16.3. The fraction of sp³-hybridized carbons (Fsp3) is 0.706. The van der Waals surface area contributed by atoms with Crippen molar-refractivity contribution in [3.8, 4) is 0 Å². The minimum atomic E-state index is -0.723. The molecule has 1 unspecified atom stereocenters. The maximum atomic E-state index is 12.6. The van der Waals surface area contributed by atoms with Crippen LogP contribution in [-0.2, 0) is 4.79 Å². The van der Waals surface area contributed by atoms with E-state index in [1.54, 1.807) is 0 Å². The van der Waals surface area contributed by atoms with Crippen molar-refractivity contribution in [2.24, 2.45) is 0 Å². The molecule has 0 fully saturated rings. The van der Waals surface area contributed by atoms with Crippen LogP contribution >= 0.6 is 0 Å². The van der Waals surface area contributed by atoms with Crippen LogP contribution in [0.15, 0.2) is 23.4 Å². The van der Waals surface area contributed by atoms with Gasteiger partial charge in [0.05, 0.1) is 6.10 Å². The topological polar surface area (TPSA) is 64.6 Å². The lowest BCUT2D eigenvalue weighted by Gasteiger charge is -2.31. The molecule has 1 amide bonds. The molecule has 0 radical (unpaired) electrons. The second kappa shape index (κ2) is 6.84. The summed E-state index contributed by atoms with van der Waals surface area (Å²) < 4.78 is 0. The van der Waals surface area contributed by atoms with Crippen LogP contribution in [0.5, 0.6) is 0 Å². The average Bonchev–Trinajstić information content (AvgIpc) is 2.32. The van der Waals surface area contributed by atoms with E-state index in [-0.39, 0.29) is 17.0 Å². The Balaban J connectivity index is 3.00. The largest absolute Gasteiger partial charge is 0.387 e. The van der Waals surface area contributed by atoms with Gasteiger partial charge in [-0.15, -0.1) is 0 Å². The van der Waals surface area contributed by atoms with Crippen molar-refractivity contribution in [3.05, 3.63) is 23.4 Å². The molecule has 0 saturated carbocycles. The summed E-state index contributed by atoms with van der Waals surface area (Å²) >= 11 is 0. The number of hydrogen-bond acceptors (Lipinski definition) is 4. The molecule has 0 aromatic rings. The van der Waals surface area contributed by atoms with Crippen LogP contribution < -0.4 is 10.6 Å². The van der Waals surface area contributed by atoms with Crippen LogP contribution in [0.3, 0.4) is 0 Å². The number of carbonyl (C=O) groups is 1. The minimum absolute atomic E-state index is 0.0837. The molecule has 0 spiro atoms. The van der Waals surface area contributed by atoms with Gasteiger partial charge in [-0.1, -0.05) is 12.2 Å². The van der Waals surface area contributed by atoms with Gasteiger partial charge in [-0.25, -0.2) is 0 Å². The monoisotopic (exact) mass is 309 g/mol. The number of nitrogens with one attached hydrogen (secondary N) is 2. The lowest BCUT2D eigenvalue weighted by Crippen LogP contribution is -2.47. The maximum absolute atomic E-state index is 12.6. The van der Waals surface area contributed by atoms with E-state index in [2.05, 4.69) is 10.6 Å². The standard InChI is InChI=1S/C17H31N3O2/c1-16(2,3)18-11-13(21)12-9-8-10-20(7)14(12)15(22)19-17(4,5)6/h8-9,13,18,21H,10-11H2,1-7H3,(H,19,22). The van der Waals surface area contributed by atoms with Gasteiger partial charge in [-0.3, -0.25) is 4.79 Å². The first kappa shape index (κ1) is 18.7. The molecule has 1 heterocycles. The maximum Gasteiger partial charge on any atom is 0.268 e. The van der Waals surface area contributed by atoms with Gasteiger partial charge < -0.3 is 20.6 Å². The highest BCUT2D eigenvalue weighted by Gasteiger charge is 2.27. The first-order valence-corrected chi connectivity index (χ1v) is 7.78. The molecule has 1 atom stereocenters. The Morgan fingerprint density at radius 1 is 1.27 bits per heavy atom. The van der Waals surface area contributed by atoms with Crippen LogP contribution in [0, 0.1) is 0 Å². The van der Waals surface area contributed by atoms with Gasteiger partial charge in [0.15, 0.2) is 0 Å². The van der Waals surface area contributed by atoms with E-state index < -0.39 is 6.10 Å². The van der Waals surface area contributed by atoms with Crippen molar-refractivity contribution in [2.45, 2.75) is 58.7 Å². The van der Waals surface area contributed by atoms with Gasteiger partial charge in [0.1, 0.15) is 5.70 Å². The van der Waals surface area contributed by atoms with Gasteiger partial charge in [0.25, 0.3) is 5.91 Å². The summed E-state index contributed by atoms with van der Waals surface area (Å²) in [4.78, 5) is 14.4. The normalized spacial score (nSPS) is 17.7. The number of aliphatic hydroxyl groups is 1. The van der Waals surface area contributed by atoms with Crippen molar-refractivity contribution in [3.63, 3.8) is 0 Å². The van der Waals surface area contributed by atoms with Gasteiger partial charge >= 0.3 is 0 Å². The van der Waals surface area contributed by atoms with Crippen molar-refractivity contribution in [2.75, 3.05) is 20.1 Å². The highest BCUT2D eigenvalue weighted by molar-refractivity contribution is 5.95. The number of hydrogen-bond donors (Lipinski definition) is 3. The molecule has 126 valence electrons. The summed E-state index contributed by atoms with van der Waals surface area (Å²) in [7, 11) is 1.87. The minimum Gasteiger partial charge on any atom is -0.387 e. The van der Waals surface area contributed by atoms with Crippen molar-refractivity contribution in [1.82, 2.24) is 15.5 Å². The predicted molar refractivity (Wildman–Crippen MR) is 90.5 cm³/mol. The van der Waals surface area contributed by atoms with Gasteiger partial charge in [0.2, 0.25) is 0 Å². The molecule has 0 aromatic heterocycles. The Hall–Kier alpha value is -1.33. The molecule has 0 saturated heterocycles. The molecule has 1 rings (SSSR count). The van der Waals surface area contributed by atoms with Gasteiger partial charge in [-0.2, -0.15) is 0 Å². The van der Waals surface area contributed by atoms with E-state index >= 15 is 0 Å². The second-order valence-corrected chi connectivity index (χ2v) is 7.94. The van der Waals surface area contributed by atoms with Crippen molar-refractivity contribution >= 4 is 5.91 Å². The summed E-state index contributed by atoms with van der Waals surface area (Å²) in [5, 5.41) is 16.7. The molecular formula is C17H31N3O2. The molecule has 0 aromatic carbocycles. The van der Waals surface area contributed by atoms with Crippen LogP contribution in [0.2, 0.25) is 0 Å². The van der Waals surface area contributed by atoms with Crippen LogP contribution in [-0.4, -0.2) is 53.2 Å². The van der Waals surface area contributed by atoms with E-state index in [9.17, 15) is 9.90 Å². The molecule has 22 heavy (non-hydrogen) atoms. The summed E-state index contributed by atoms with van der Waals surface area (Å²) in [5.74, 6) is -0.149. The molecule has 3 N–H and O–H groups in total. The van der Waals surface area contributed by atoms with Gasteiger partial charge in [0, 0.05) is 36.8 Å². The van der Waals surface area contributed by atoms with Gasteiger partial charge in [-0.05, 0) is 41.5 Å². The number of rotatable bonds is 4.